The van der Waals surface area contributed by atoms with Crippen molar-refractivity contribution < 1.29 is 14.3 Å². The van der Waals surface area contributed by atoms with Gasteiger partial charge < -0.3 is 10.1 Å². The molecule has 0 aliphatic carbocycles. The van der Waals surface area contributed by atoms with Gasteiger partial charge in [0.05, 0.1) is 40.1 Å². The van der Waals surface area contributed by atoms with E-state index in [2.05, 4.69) is 10.3 Å². The zero-order valence-corrected chi connectivity index (χ0v) is 19.4. The molecule has 0 saturated heterocycles. The fourth-order valence-electron chi connectivity index (χ4n) is 4.11. The number of ether oxygens (including phenoxy) is 1. The first-order chi connectivity index (χ1) is 17.0. The number of pyridine rings is 2. The summed E-state index contributed by atoms with van der Waals surface area (Å²) in [6, 6.07) is 26.1. The molecular weight excluding hydrogens is 438 g/mol. The van der Waals surface area contributed by atoms with Crippen molar-refractivity contribution in [3.63, 3.8) is 0 Å². The standard InChI is InChI=1S/C29H23N3O3/c1-3-35-29(34)20-13-14-25-23(16-20)27(15-18(2)30-25)32-28(33)22-17-26(19-9-5-4-6-10-19)31-24-12-8-7-11-21(22)24/h4-17H,3H2,1-2H3,(H,30,32,33). The maximum Gasteiger partial charge on any atom is 0.338 e. The first-order valence-electron chi connectivity index (χ1n) is 11.4. The quantitative estimate of drug-likeness (QED) is 0.316. The highest BCUT2D eigenvalue weighted by molar-refractivity contribution is 6.15. The van der Waals surface area contributed by atoms with Crippen LogP contribution in [0.4, 0.5) is 5.69 Å². The minimum absolute atomic E-state index is 0.269. The van der Waals surface area contributed by atoms with Crippen molar-refractivity contribution in [2.75, 3.05) is 11.9 Å². The molecule has 5 rings (SSSR count). The van der Waals surface area contributed by atoms with Crippen molar-refractivity contribution >= 4 is 39.4 Å². The highest BCUT2D eigenvalue weighted by atomic mass is 16.5. The largest absolute Gasteiger partial charge is 0.462 e. The van der Waals surface area contributed by atoms with Crippen LogP contribution >= 0.6 is 0 Å². The third-order valence-electron chi connectivity index (χ3n) is 5.73. The van der Waals surface area contributed by atoms with Gasteiger partial charge in [0.25, 0.3) is 5.91 Å². The predicted molar refractivity (Wildman–Crippen MR) is 138 cm³/mol. The Bertz CT molecular complexity index is 1580. The van der Waals surface area contributed by atoms with E-state index in [1.807, 2.05) is 67.6 Å². The van der Waals surface area contributed by atoms with Gasteiger partial charge in [0, 0.05) is 22.0 Å². The number of hydrogen-bond donors (Lipinski definition) is 1. The van der Waals surface area contributed by atoms with Crippen molar-refractivity contribution in [1.82, 2.24) is 9.97 Å². The molecule has 1 amide bonds. The van der Waals surface area contributed by atoms with Gasteiger partial charge in [-0.25, -0.2) is 9.78 Å². The molecule has 0 aliphatic rings. The van der Waals surface area contributed by atoms with E-state index in [-0.39, 0.29) is 12.5 Å². The van der Waals surface area contributed by atoms with Crippen molar-refractivity contribution in [1.29, 1.82) is 0 Å². The summed E-state index contributed by atoms with van der Waals surface area (Å²) in [5, 5.41) is 4.47. The molecule has 0 atom stereocenters. The molecule has 35 heavy (non-hydrogen) atoms. The van der Waals surface area contributed by atoms with Crippen LogP contribution < -0.4 is 5.32 Å². The summed E-state index contributed by atoms with van der Waals surface area (Å²) in [6.45, 7) is 3.91. The molecule has 0 fully saturated rings. The van der Waals surface area contributed by atoms with E-state index < -0.39 is 5.97 Å². The predicted octanol–water partition coefficient (Wildman–Crippen LogP) is 6.19. The lowest BCUT2D eigenvalue weighted by Gasteiger charge is -2.13. The van der Waals surface area contributed by atoms with Gasteiger partial charge in [0.2, 0.25) is 0 Å². The van der Waals surface area contributed by atoms with E-state index in [9.17, 15) is 9.59 Å². The van der Waals surface area contributed by atoms with E-state index in [1.54, 1.807) is 31.2 Å². The lowest BCUT2D eigenvalue weighted by molar-refractivity contribution is 0.0526. The first-order valence-corrected chi connectivity index (χ1v) is 11.4. The van der Waals surface area contributed by atoms with Gasteiger partial charge in [0.1, 0.15) is 0 Å². The van der Waals surface area contributed by atoms with Gasteiger partial charge in [-0.05, 0) is 50.2 Å². The average molecular weight is 462 g/mol. The topological polar surface area (TPSA) is 81.2 Å². The van der Waals surface area contributed by atoms with Gasteiger partial charge in [-0.1, -0.05) is 48.5 Å². The molecule has 6 heteroatoms. The molecule has 3 aromatic carbocycles. The molecular formula is C29H23N3O3. The van der Waals surface area contributed by atoms with Crippen LogP contribution in [0.5, 0.6) is 0 Å². The summed E-state index contributed by atoms with van der Waals surface area (Å²) >= 11 is 0. The highest BCUT2D eigenvalue weighted by Crippen LogP contribution is 2.28. The number of benzene rings is 3. The van der Waals surface area contributed by atoms with Crippen LogP contribution in [0.3, 0.4) is 0 Å². The molecule has 0 spiro atoms. The number of aryl methyl sites for hydroxylation is 1. The molecule has 6 nitrogen and oxygen atoms in total. The number of anilines is 1. The number of aromatic nitrogens is 2. The Labute approximate surface area is 202 Å². The minimum Gasteiger partial charge on any atom is -0.462 e. The van der Waals surface area contributed by atoms with E-state index >= 15 is 0 Å². The Kier molecular flexibility index (Phi) is 5.94. The fraction of sp³-hybridized carbons (Fsp3) is 0.103. The van der Waals surface area contributed by atoms with Crippen LogP contribution in [0, 0.1) is 6.92 Å². The summed E-state index contributed by atoms with van der Waals surface area (Å²) in [7, 11) is 0. The number of fused-ring (bicyclic) bond motifs is 2. The zero-order chi connectivity index (χ0) is 24.4. The molecule has 2 heterocycles. The summed E-state index contributed by atoms with van der Waals surface area (Å²) < 4.78 is 5.14. The second kappa shape index (κ2) is 9.35. The van der Waals surface area contributed by atoms with Crippen LogP contribution in [-0.4, -0.2) is 28.5 Å². The highest BCUT2D eigenvalue weighted by Gasteiger charge is 2.17. The van der Waals surface area contributed by atoms with Gasteiger partial charge in [0.15, 0.2) is 0 Å². The van der Waals surface area contributed by atoms with E-state index in [4.69, 9.17) is 9.72 Å². The summed E-state index contributed by atoms with van der Waals surface area (Å²) in [5.41, 5.74) is 5.30. The SMILES string of the molecule is CCOC(=O)c1ccc2nc(C)cc(NC(=O)c3cc(-c4ccccc4)nc4ccccc34)c2c1. The van der Waals surface area contributed by atoms with Gasteiger partial charge >= 0.3 is 5.97 Å². The molecule has 0 saturated carbocycles. The van der Waals surface area contributed by atoms with Crippen LogP contribution in [0.2, 0.25) is 0 Å². The van der Waals surface area contributed by atoms with Crippen LogP contribution in [0.15, 0.2) is 84.9 Å². The Balaban J connectivity index is 1.60. The van der Waals surface area contributed by atoms with Crippen LogP contribution in [0.25, 0.3) is 33.1 Å². The first kappa shape index (κ1) is 22.2. The molecule has 1 N–H and O–H groups in total. The Morgan fingerprint density at radius 2 is 1.57 bits per heavy atom. The van der Waals surface area contributed by atoms with Crippen molar-refractivity contribution in [2.24, 2.45) is 0 Å². The molecule has 2 aromatic heterocycles. The molecule has 0 radical (unpaired) electrons. The molecule has 0 unspecified atom stereocenters. The number of esters is 1. The van der Waals surface area contributed by atoms with Crippen molar-refractivity contribution in [3.8, 4) is 11.3 Å². The summed E-state index contributed by atoms with van der Waals surface area (Å²) in [4.78, 5) is 35.2. The molecule has 172 valence electrons. The van der Waals surface area contributed by atoms with Crippen LogP contribution in [-0.2, 0) is 4.74 Å². The second-order valence-corrected chi connectivity index (χ2v) is 8.16. The van der Waals surface area contributed by atoms with Gasteiger partial charge in [-0.15, -0.1) is 0 Å². The number of para-hydroxylation sites is 1. The van der Waals surface area contributed by atoms with Crippen LogP contribution in [0.1, 0.15) is 33.3 Å². The lowest BCUT2D eigenvalue weighted by Crippen LogP contribution is -2.14. The average Bonchev–Trinajstić information content (AvgIpc) is 2.88. The molecule has 0 aliphatic heterocycles. The Hall–Kier alpha value is -4.58. The maximum absolute atomic E-state index is 13.6. The third-order valence-corrected chi connectivity index (χ3v) is 5.73. The minimum atomic E-state index is -0.417. The summed E-state index contributed by atoms with van der Waals surface area (Å²) in [5.74, 6) is -0.686. The monoisotopic (exact) mass is 461 g/mol. The molecule has 5 aromatic rings. The molecule has 0 bridgehead atoms. The van der Waals surface area contributed by atoms with E-state index in [0.717, 1.165) is 27.9 Å². The van der Waals surface area contributed by atoms with Crippen molar-refractivity contribution in [2.45, 2.75) is 13.8 Å². The number of amides is 1. The van der Waals surface area contributed by atoms with Crippen molar-refractivity contribution in [3.05, 3.63) is 102 Å². The number of carbonyl (C=O) groups excluding carboxylic acids is 2. The van der Waals surface area contributed by atoms with E-state index in [0.29, 0.717) is 27.7 Å². The number of nitrogens with one attached hydrogen (secondary N) is 1. The van der Waals surface area contributed by atoms with Gasteiger partial charge in [-0.2, -0.15) is 0 Å². The number of carbonyl (C=O) groups is 2. The number of hydrogen-bond acceptors (Lipinski definition) is 5. The number of rotatable bonds is 5. The summed E-state index contributed by atoms with van der Waals surface area (Å²) in [6.07, 6.45) is 0. The lowest BCUT2D eigenvalue weighted by atomic mass is 10.0. The fourth-order valence-corrected chi connectivity index (χ4v) is 4.11. The van der Waals surface area contributed by atoms with E-state index in [1.165, 1.54) is 0 Å². The van der Waals surface area contributed by atoms with Gasteiger partial charge in [-0.3, -0.25) is 9.78 Å². The number of nitrogens with zero attached hydrogens (tertiary/aromatic N) is 2. The second-order valence-electron chi connectivity index (χ2n) is 8.16. The maximum atomic E-state index is 13.6. The normalized spacial score (nSPS) is 10.9. The smallest absolute Gasteiger partial charge is 0.338 e. The Morgan fingerprint density at radius 3 is 2.37 bits per heavy atom. The Morgan fingerprint density at radius 1 is 0.829 bits per heavy atom. The third kappa shape index (κ3) is 4.46. The zero-order valence-electron chi connectivity index (χ0n) is 19.4.